The van der Waals surface area contributed by atoms with Gasteiger partial charge in [-0.1, -0.05) is 20.8 Å². The smallest absolute Gasteiger partial charge is 0.254 e. The summed E-state index contributed by atoms with van der Waals surface area (Å²) in [7, 11) is 0. The van der Waals surface area contributed by atoms with Crippen molar-refractivity contribution in [2.45, 2.75) is 32.6 Å². The fourth-order valence-electron chi connectivity index (χ4n) is 2.33. The Morgan fingerprint density at radius 3 is 2.69 bits per heavy atom. The van der Waals surface area contributed by atoms with Gasteiger partial charge in [0, 0.05) is 24.1 Å². The third kappa shape index (κ3) is 4.11. The highest BCUT2D eigenvalue weighted by atomic mass is 16.3. The standard InChI is InChI=1S/C19H21N3O4/c1-19(2,3)18-22-14-10-13(4-5-15(14)26-18)21-16(23)6-8-20-17(24)12-7-9-25-11-12/h4-5,7,9-11H,6,8H2,1-3H3,(H,20,24)(H,21,23). The summed E-state index contributed by atoms with van der Waals surface area (Å²) in [5, 5.41) is 5.46. The molecular formula is C19H21N3O4. The van der Waals surface area contributed by atoms with Crippen LogP contribution in [0.25, 0.3) is 11.1 Å². The Morgan fingerprint density at radius 2 is 2.00 bits per heavy atom. The van der Waals surface area contributed by atoms with Gasteiger partial charge in [0.05, 0.1) is 11.8 Å². The number of nitrogens with zero attached hydrogens (tertiary/aromatic N) is 1. The summed E-state index contributed by atoms with van der Waals surface area (Å²) in [5.74, 6) is 0.180. The average Bonchev–Trinajstić information content (AvgIpc) is 3.23. The number of benzene rings is 1. The molecule has 0 saturated carbocycles. The lowest BCUT2D eigenvalue weighted by molar-refractivity contribution is -0.116. The van der Waals surface area contributed by atoms with E-state index in [9.17, 15) is 9.59 Å². The van der Waals surface area contributed by atoms with Crippen LogP contribution in [0, 0.1) is 0 Å². The second-order valence-corrected chi connectivity index (χ2v) is 7.02. The molecule has 0 radical (unpaired) electrons. The van der Waals surface area contributed by atoms with E-state index in [2.05, 4.69) is 15.6 Å². The van der Waals surface area contributed by atoms with E-state index in [0.29, 0.717) is 28.2 Å². The van der Waals surface area contributed by atoms with Crippen LogP contribution in [0.5, 0.6) is 0 Å². The number of nitrogens with one attached hydrogen (secondary N) is 2. The van der Waals surface area contributed by atoms with Crippen LogP contribution < -0.4 is 10.6 Å². The number of hydrogen-bond acceptors (Lipinski definition) is 5. The second-order valence-electron chi connectivity index (χ2n) is 7.02. The SMILES string of the molecule is CC(C)(C)c1nc2cc(NC(=O)CCNC(=O)c3ccoc3)ccc2o1. The van der Waals surface area contributed by atoms with Crippen LogP contribution in [-0.4, -0.2) is 23.3 Å². The van der Waals surface area contributed by atoms with Crippen molar-refractivity contribution < 1.29 is 18.4 Å². The summed E-state index contributed by atoms with van der Waals surface area (Å²) in [6.07, 6.45) is 2.94. The third-order valence-electron chi connectivity index (χ3n) is 3.73. The Kier molecular flexibility index (Phi) is 4.79. The van der Waals surface area contributed by atoms with Crippen LogP contribution >= 0.6 is 0 Å². The molecule has 0 atom stereocenters. The van der Waals surface area contributed by atoms with E-state index in [4.69, 9.17) is 8.83 Å². The molecule has 7 nitrogen and oxygen atoms in total. The van der Waals surface area contributed by atoms with Crippen molar-refractivity contribution >= 4 is 28.6 Å². The highest BCUT2D eigenvalue weighted by Gasteiger charge is 2.21. The molecule has 0 aliphatic heterocycles. The van der Waals surface area contributed by atoms with E-state index in [-0.39, 0.29) is 30.2 Å². The normalized spacial score (nSPS) is 11.5. The van der Waals surface area contributed by atoms with Crippen LogP contribution in [0.4, 0.5) is 5.69 Å². The first-order valence-corrected chi connectivity index (χ1v) is 8.34. The number of anilines is 1. The van der Waals surface area contributed by atoms with E-state index in [1.807, 2.05) is 20.8 Å². The number of hydrogen-bond donors (Lipinski definition) is 2. The maximum atomic E-state index is 12.1. The van der Waals surface area contributed by atoms with Gasteiger partial charge in [-0.3, -0.25) is 9.59 Å². The molecule has 136 valence electrons. The van der Waals surface area contributed by atoms with Crippen LogP contribution in [0.2, 0.25) is 0 Å². The van der Waals surface area contributed by atoms with Crippen LogP contribution in [0.15, 0.2) is 45.6 Å². The lowest BCUT2D eigenvalue weighted by Gasteiger charge is -2.11. The summed E-state index contributed by atoms with van der Waals surface area (Å²) >= 11 is 0. The van der Waals surface area contributed by atoms with Gasteiger partial charge in [-0.15, -0.1) is 0 Å². The van der Waals surface area contributed by atoms with E-state index in [1.165, 1.54) is 12.5 Å². The summed E-state index contributed by atoms with van der Waals surface area (Å²) in [5.41, 5.74) is 2.26. The van der Waals surface area contributed by atoms with Crippen molar-refractivity contribution in [1.29, 1.82) is 0 Å². The number of furan rings is 1. The lowest BCUT2D eigenvalue weighted by Crippen LogP contribution is -2.27. The second kappa shape index (κ2) is 7.03. The van der Waals surface area contributed by atoms with E-state index < -0.39 is 0 Å². The summed E-state index contributed by atoms with van der Waals surface area (Å²) in [6, 6.07) is 6.89. The van der Waals surface area contributed by atoms with Gasteiger partial charge in [0.25, 0.3) is 5.91 Å². The molecule has 0 unspecified atom stereocenters. The molecule has 0 spiro atoms. The molecule has 2 heterocycles. The number of rotatable bonds is 5. The minimum absolute atomic E-state index is 0.160. The van der Waals surface area contributed by atoms with Crippen molar-refractivity contribution in [3.63, 3.8) is 0 Å². The van der Waals surface area contributed by atoms with Crippen molar-refractivity contribution in [2.75, 3.05) is 11.9 Å². The Morgan fingerprint density at radius 1 is 1.19 bits per heavy atom. The minimum atomic E-state index is -0.273. The van der Waals surface area contributed by atoms with Crippen molar-refractivity contribution in [3.8, 4) is 0 Å². The largest absolute Gasteiger partial charge is 0.472 e. The molecular weight excluding hydrogens is 334 g/mol. The Hall–Kier alpha value is -3.09. The number of fused-ring (bicyclic) bond motifs is 1. The molecule has 3 rings (SSSR count). The summed E-state index contributed by atoms with van der Waals surface area (Å²) < 4.78 is 10.6. The number of oxazole rings is 1. The average molecular weight is 355 g/mol. The summed E-state index contributed by atoms with van der Waals surface area (Å²) in [4.78, 5) is 28.3. The topological polar surface area (TPSA) is 97.4 Å². The molecule has 0 bridgehead atoms. The van der Waals surface area contributed by atoms with Gasteiger partial charge in [-0.05, 0) is 24.3 Å². The van der Waals surface area contributed by atoms with Gasteiger partial charge < -0.3 is 19.5 Å². The zero-order valence-electron chi connectivity index (χ0n) is 15.0. The van der Waals surface area contributed by atoms with Gasteiger partial charge >= 0.3 is 0 Å². The number of aromatic nitrogens is 1. The molecule has 1 aromatic carbocycles. The molecule has 2 N–H and O–H groups in total. The van der Waals surface area contributed by atoms with Crippen LogP contribution in [0.3, 0.4) is 0 Å². The summed E-state index contributed by atoms with van der Waals surface area (Å²) in [6.45, 7) is 6.31. The molecule has 3 aromatic rings. The molecule has 0 fully saturated rings. The van der Waals surface area contributed by atoms with Gasteiger partial charge in [0.1, 0.15) is 11.8 Å². The maximum Gasteiger partial charge on any atom is 0.254 e. The molecule has 0 saturated heterocycles. The van der Waals surface area contributed by atoms with Gasteiger partial charge in [0.15, 0.2) is 5.58 Å². The first-order valence-electron chi connectivity index (χ1n) is 8.34. The van der Waals surface area contributed by atoms with Gasteiger partial charge in [-0.25, -0.2) is 4.98 Å². The number of carbonyl (C=O) groups is 2. The predicted octanol–water partition coefficient (Wildman–Crippen LogP) is 3.48. The predicted molar refractivity (Wildman–Crippen MR) is 97.0 cm³/mol. The quantitative estimate of drug-likeness (QED) is 0.730. The Bertz CT molecular complexity index is 920. The molecule has 26 heavy (non-hydrogen) atoms. The van der Waals surface area contributed by atoms with Crippen LogP contribution in [0.1, 0.15) is 43.4 Å². The first kappa shape index (κ1) is 17.7. The van der Waals surface area contributed by atoms with Crippen molar-refractivity contribution in [3.05, 3.63) is 48.2 Å². The molecule has 0 aliphatic rings. The van der Waals surface area contributed by atoms with Crippen molar-refractivity contribution in [1.82, 2.24) is 10.3 Å². The highest BCUT2D eigenvalue weighted by Crippen LogP contribution is 2.27. The fourth-order valence-corrected chi connectivity index (χ4v) is 2.33. The monoisotopic (exact) mass is 355 g/mol. The molecule has 7 heteroatoms. The molecule has 2 aromatic heterocycles. The zero-order valence-corrected chi connectivity index (χ0v) is 15.0. The van der Waals surface area contributed by atoms with Gasteiger partial charge in [0.2, 0.25) is 11.8 Å². The highest BCUT2D eigenvalue weighted by molar-refractivity contribution is 5.95. The maximum absolute atomic E-state index is 12.1. The third-order valence-corrected chi connectivity index (χ3v) is 3.73. The first-order chi connectivity index (χ1) is 12.3. The van der Waals surface area contributed by atoms with E-state index >= 15 is 0 Å². The van der Waals surface area contributed by atoms with E-state index in [1.54, 1.807) is 24.3 Å². The van der Waals surface area contributed by atoms with Crippen LogP contribution in [-0.2, 0) is 10.2 Å². The molecule has 0 aliphatic carbocycles. The fraction of sp³-hybridized carbons (Fsp3) is 0.316. The zero-order chi connectivity index (χ0) is 18.7. The number of amides is 2. The van der Waals surface area contributed by atoms with E-state index in [0.717, 1.165) is 0 Å². The Balaban J connectivity index is 1.56. The lowest BCUT2D eigenvalue weighted by atomic mass is 9.97. The number of carbonyl (C=O) groups excluding carboxylic acids is 2. The Labute approximate surface area is 150 Å². The minimum Gasteiger partial charge on any atom is -0.472 e. The van der Waals surface area contributed by atoms with Crippen molar-refractivity contribution in [2.24, 2.45) is 0 Å². The molecule has 2 amide bonds. The van der Waals surface area contributed by atoms with Gasteiger partial charge in [-0.2, -0.15) is 0 Å².